The number of amides is 1. The molecular weight excluding hydrogens is 421 g/mol. The molecule has 166 valence electrons. The molecule has 0 radical (unpaired) electrons. The molecular formula is C27H22FNO4. The number of fused-ring (bicyclic) bond motifs is 2. The molecule has 1 amide bonds. The Bertz CT molecular complexity index is 1470. The second-order valence-electron chi connectivity index (χ2n) is 8.17. The Morgan fingerprint density at radius 3 is 2.58 bits per heavy atom. The summed E-state index contributed by atoms with van der Waals surface area (Å²) in [6, 6.07) is 16.0. The number of carbonyl (C=O) groups is 1. The molecule has 6 heteroatoms. The molecule has 0 aliphatic carbocycles. The van der Waals surface area contributed by atoms with Crippen molar-refractivity contribution in [1.82, 2.24) is 0 Å². The van der Waals surface area contributed by atoms with Crippen LogP contribution in [0.15, 0.2) is 69.9 Å². The fourth-order valence-corrected chi connectivity index (χ4v) is 4.34. The van der Waals surface area contributed by atoms with Gasteiger partial charge in [0.25, 0.3) is 5.91 Å². The van der Waals surface area contributed by atoms with Gasteiger partial charge in [0.1, 0.15) is 17.1 Å². The van der Waals surface area contributed by atoms with Gasteiger partial charge in [-0.15, -0.1) is 0 Å². The maximum Gasteiger partial charge on any atom is 0.295 e. The molecule has 1 unspecified atom stereocenters. The van der Waals surface area contributed by atoms with Gasteiger partial charge in [-0.05, 0) is 79.9 Å². The third kappa shape index (κ3) is 3.39. The number of hydrogen-bond donors (Lipinski definition) is 0. The molecule has 5 nitrogen and oxygen atoms in total. The molecule has 5 rings (SSSR count). The van der Waals surface area contributed by atoms with Crippen LogP contribution in [-0.4, -0.2) is 12.5 Å². The summed E-state index contributed by atoms with van der Waals surface area (Å²) in [5, 5.41) is 0.106. The third-order valence-electron chi connectivity index (χ3n) is 6.09. The van der Waals surface area contributed by atoms with Gasteiger partial charge in [0.05, 0.1) is 23.6 Å². The third-order valence-corrected chi connectivity index (χ3v) is 6.09. The van der Waals surface area contributed by atoms with Gasteiger partial charge in [-0.25, -0.2) is 4.39 Å². The molecule has 3 aromatic carbocycles. The van der Waals surface area contributed by atoms with Gasteiger partial charge >= 0.3 is 0 Å². The Hall–Kier alpha value is -3.93. The second-order valence-corrected chi connectivity index (χ2v) is 8.17. The normalized spacial score (nSPS) is 15.2. The monoisotopic (exact) mass is 443 g/mol. The van der Waals surface area contributed by atoms with E-state index in [0.717, 1.165) is 17.2 Å². The van der Waals surface area contributed by atoms with Crippen LogP contribution in [0.4, 0.5) is 10.1 Å². The highest BCUT2D eigenvalue weighted by atomic mass is 19.1. The van der Waals surface area contributed by atoms with Crippen molar-refractivity contribution in [3.63, 3.8) is 0 Å². The summed E-state index contributed by atoms with van der Waals surface area (Å²) in [5.74, 6) is -0.348. The Labute approximate surface area is 190 Å². The summed E-state index contributed by atoms with van der Waals surface area (Å²) in [5.41, 5.74) is 3.42. The fourth-order valence-electron chi connectivity index (χ4n) is 4.34. The van der Waals surface area contributed by atoms with Crippen molar-refractivity contribution in [1.29, 1.82) is 0 Å². The number of hydrogen-bond acceptors (Lipinski definition) is 4. The number of carbonyl (C=O) groups excluding carboxylic acids is 1. The first-order valence-electron chi connectivity index (χ1n) is 10.8. The maximum absolute atomic E-state index is 14.0. The molecule has 0 saturated carbocycles. The van der Waals surface area contributed by atoms with E-state index in [4.69, 9.17) is 9.15 Å². The topological polar surface area (TPSA) is 59.8 Å². The summed E-state index contributed by atoms with van der Waals surface area (Å²) in [6.07, 6.45) is 0. The van der Waals surface area contributed by atoms with Crippen molar-refractivity contribution in [2.24, 2.45) is 0 Å². The van der Waals surface area contributed by atoms with Crippen molar-refractivity contribution >= 4 is 22.6 Å². The second kappa shape index (κ2) is 7.89. The smallest absolute Gasteiger partial charge is 0.295 e. The van der Waals surface area contributed by atoms with Crippen LogP contribution < -0.4 is 15.1 Å². The van der Waals surface area contributed by atoms with Gasteiger partial charge in [-0.2, -0.15) is 0 Å². The zero-order valence-corrected chi connectivity index (χ0v) is 18.5. The summed E-state index contributed by atoms with van der Waals surface area (Å²) in [7, 11) is 0. The van der Waals surface area contributed by atoms with Crippen LogP contribution in [0.2, 0.25) is 0 Å². The van der Waals surface area contributed by atoms with Crippen molar-refractivity contribution in [3.8, 4) is 5.75 Å². The van der Waals surface area contributed by atoms with Gasteiger partial charge in [0.2, 0.25) is 5.76 Å². The summed E-state index contributed by atoms with van der Waals surface area (Å²) in [6.45, 7) is 6.33. The first kappa shape index (κ1) is 20.9. The van der Waals surface area contributed by atoms with E-state index in [1.54, 1.807) is 4.90 Å². The molecule has 0 N–H and O–H groups in total. The lowest BCUT2D eigenvalue weighted by Gasteiger charge is -2.26. The predicted molar refractivity (Wildman–Crippen MR) is 125 cm³/mol. The molecule has 33 heavy (non-hydrogen) atoms. The van der Waals surface area contributed by atoms with E-state index < -0.39 is 23.2 Å². The van der Waals surface area contributed by atoms with E-state index in [1.807, 2.05) is 63.2 Å². The first-order valence-corrected chi connectivity index (χ1v) is 10.8. The molecule has 1 atom stereocenters. The first-order chi connectivity index (χ1) is 15.9. The van der Waals surface area contributed by atoms with Crippen LogP contribution in [0, 0.1) is 19.7 Å². The Morgan fingerprint density at radius 2 is 1.82 bits per heavy atom. The molecule has 0 spiro atoms. The number of rotatable bonds is 4. The highest BCUT2D eigenvalue weighted by Crippen LogP contribution is 2.42. The minimum Gasteiger partial charge on any atom is -0.494 e. The number of nitrogens with zero attached hydrogens (tertiary/aromatic N) is 1. The van der Waals surface area contributed by atoms with Crippen molar-refractivity contribution in [2.45, 2.75) is 26.8 Å². The number of benzene rings is 3. The number of ether oxygens (including phenoxy) is 1. The molecule has 1 aliphatic heterocycles. The summed E-state index contributed by atoms with van der Waals surface area (Å²) < 4.78 is 25.5. The van der Waals surface area contributed by atoms with Gasteiger partial charge in [-0.1, -0.05) is 18.2 Å². The van der Waals surface area contributed by atoms with E-state index in [2.05, 4.69) is 0 Å². The molecule has 0 bridgehead atoms. The summed E-state index contributed by atoms with van der Waals surface area (Å²) >= 11 is 0. The lowest BCUT2D eigenvalue weighted by atomic mass is 9.97. The van der Waals surface area contributed by atoms with Crippen LogP contribution in [0.5, 0.6) is 5.75 Å². The quantitative estimate of drug-likeness (QED) is 0.406. The van der Waals surface area contributed by atoms with Gasteiger partial charge in [0, 0.05) is 5.69 Å². The van der Waals surface area contributed by atoms with Crippen LogP contribution >= 0.6 is 0 Å². The number of halogens is 1. The number of aryl methyl sites for hydroxylation is 2. The van der Waals surface area contributed by atoms with Crippen LogP contribution in [0.25, 0.3) is 11.0 Å². The van der Waals surface area contributed by atoms with E-state index in [9.17, 15) is 14.0 Å². The van der Waals surface area contributed by atoms with E-state index in [-0.39, 0.29) is 22.3 Å². The predicted octanol–water partition coefficient (Wildman–Crippen LogP) is 5.70. The lowest BCUT2D eigenvalue weighted by molar-refractivity contribution is 0.0971. The van der Waals surface area contributed by atoms with Crippen LogP contribution in [0.1, 0.15) is 45.8 Å². The zero-order valence-electron chi connectivity index (χ0n) is 18.5. The zero-order chi connectivity index (χ0) is 23.3. The Morgan fingerprint density at radius 1 is 1.00 bits per heavy atom. The van der Waals surface area contributed by atoms with E-state index >= 15 is 0 Å². The van der Waals surface area contributed by atoms with Gasteiger partial charge in [-0.3, -0.25) is 14.5 Å². The van der Waals surface area contributed by atoms with Gasteiger partial charge in [0.15, 0.2) is 5.43 Å². The van der Waals surface area contributed by atoms with Crippen LogP contribution in [0.3, 0.4) is 0 Å². The largest absolute Gasteiger partial charge is 0.494 e. The van der Waals surface area contributed by atoms with Crippen molar-refractivity contribution < 1.29 is 18.3 Å². The lowest BCUT2D eigenvalue weighted by Crippen LogP contribution is -2.29. The SMILES string of the molecule is CCOc1cccc(C2c3c(oc4ccc(F)cc4c3=O)C(=O)N2c2ccc(C)c(C)c2)c1. The molecule has 0 fully saturated rings. The minimum absolute atomic E-state index is 0.0239. The van der Waals surface area contributed by atoms with E-state index in [1.165, 1.54) is 12.1 Å². The Kier molecular flexibility index (Phi) is 5.01. The van der Waals surface area contributed by atoms with Crippen molar-refractivity contribution in [3.05, 3.63) is 105 Å². The molecule has 4 aromatic rings. The minimum atomic E-state index is -0.737. The van der Waals surface area contributed by atoms with E-state index in [0.29, 0.717) is 23.6 Å². The fraction of sp³-hybridized carbons (Fsp3) is 0.185. The highest BCUT2D eigenvalue weighted by Gasteiger charge is 2.43. The summed E-state index contributed by atoms with van der Waals surface area (Å²) in [4.78, 5) is 28.8. The average molecular weight is 443 g/mol. The van der Waals surface area contributed by atoms with Crippen LogP contribution in [-0.2, 0) is 0 Å². The molecule has 0 saturated heterocycles. The molecule has 2 heterocycles. The van der Waals surface area contributed by atoms with Crippen molar-refractivity contribution in [2.75, 3.05) is 11.5 Å². The molecule has 1 aromatic heterocycles. The maximum atomic E-state index is 14.0. The Balaban J connectivity index is 1.80. The van der Waals surface area contributed by atoms with Gasteiger partial charge < -0.3 is 9.15 Å². The molecule has 1 aliphatic rings. The number of anilines is 1. The highest BCUT2D eigenvalue weighted by molar-refractivity contribution is 6.10. The standard InChI is InChI=1S/C27H22FNO4/c1-4-32-20-7-5-6-17(13-20)24-23-25(30)21-14-18(28)9-11-22(21)33-26(23)27(31)29(24)19-10-8-15(2)16(3)12-19/h5-14,24H,4H2,1-3H3. The average Bonchev–Trinajstić information content (AvgIpc) is 3.09.